The third kappa shape index (κ3) is 2.42. The van der Waals surface area contributed by atoms with Crippen molar-refractivity contribution in [2.75, 3.05) is 13.1 Å². The van der Waals surface area contributed by atoms with Crippen molar-refractivity contribution in [3.8, 4) is 0 Å². The number of rotatable bonds is 0. The van der Waals surface area contributed by atoms with Gasteiger partial charge in [0.2, 0.25) is 0 Å². The first kappa shape index (κ1) is 12.0. The van der Waals surface area contributed by atoms with Crippen LogP contribution in [0.4, 0.5) is 0 Å². The smallest absolute Gasteiger partial charge is 0.0395 e. The van der Waals surface area contributed by atoms with Crippen LogP contribution in [-0.4, -0.2) is 29.1 Å². The van der Waals surface area contributed by atoms with Crippen molar-refractivity contribution in [3.05, 3.63) is 12.3 Å². The standard InChI is InChI=1S/C14H26N2/c1-12-6-5-7-14(15-12)8-10-16(11-9-14)13(2,3)4/h15H,1,5-11H2,2-4H3. The van der Waals surface area contributed by atoms with E-state index in [9.17, 15) is 0 Å². The Kier molecular flexibility index (Phi) is 3.04. The van der Waals surface area contributed by atoms with E-state index in [4.69, 9.17) is 0 Å². The van der Waals surface area contributed by atoms with E-state index in [0.717, 1.165) is 0 Å². The molecule has 1 N–H and O–H groups in total. The van der Waals surface area contributed by atoms with E-state index in [0.29, 0.717) is 11.1 Å². The number of piperidine rings is 2. The van der Waals surface area contributed by atoms with E-state index in [2.05, 4.69) is 37.6 Å². The zero-order chi connectivity index (χ0) is 11.8. The topological polar surface area (TPSA) is 15.3 Å². The monoisotopic (exact) mass is 222 g/mol. The molecule has 0 radical (unpaired) electrons. The summed E-state index contributed by atoms with van der Waals surface area (Å²) in [6, 6.07) is 0. The third-order valence-corrected chi connectivity index (χ3v) is 4.25. The largest absolute Gasteiger partial charge is 0.383 e. The van der Waals surface area contributed by atoms with E-state index in [1.54, 1.807) is 0 Å². The van der Waals surface area contributed by atoms with Gasteiger partial charge in [0, 0.05) is 29.9 Å². The normalized spacial score (nSPS) is 26.8. The highest BCUT2D eigenvalue weighted by atomic mass is 15.2. The minimum Gasteiger partial charge on any atom is -0.383 e. The molecule has 0 aliphatic carbocycles. The van der Waals surface area contributed by atoms with Crippen LogP contribution in [0.5, 0.6) is 0 Å². The summed E-state index contributed by atoms with van der Waals surface area (Å²) < 4.78 is 0. The van der Waals surface area contributed by atoms with Crippen LogP contribution in [0.3, 0.4) is 0 Å². The highest BCUT2D eigenvalue weighted by Crippen LogP contribution is 2.34. The van der Waals surface area contributed by atoms with Gasteiger partial charge in [-0.2, -0.15) is 0 Å². The number of hydrogen-bond acceptors (Lipinski definition) is 2. The van der Waals surface area contributed by atoms with Crippen molar-refractivity contribution in [2.45, 2.75) is 64.0 Å². The van der Waals surface area contributed by atoms with Crippen LogP contribution >= 0.6 is 0 Å². The number of likely N-dealkylation sites (tertiary alicyclic amines) is 1. The Morgan fingerprint density at radius 1 is 1.19 bits per heavy atom. The highest BCUT2D eigenvalue weighted by Gasteiger charge is 2.38. The molecule has 0 saturated carbocycles. The molecule has 2 saturated heterocycles. The Balaban J connectivity index is 1.96. The molecule has 2 nitrogen and oxygen atoms in total. The van der Waals surface area contributed by atoms with E-state index in [1.165, 1.54) is 50.9 Å². The molecule has 0 aromatic rings. The van der Waals surface area contributed by atoms with Gasteiger partial charge in [0.15, 0.2) is 0 Å². The SMILES string of the molecule is C=C1CCCC2(CCN(C(C)(C)C)CC2)N1. The van der Waals surface area contributed by atoms with Gasteiger partial charge in [-0.15, -0.1) is 0 Å². The first-order valence-corrected chi connectivity index (χ1v) is 6.62. The van der Waals surface area contributed by atoms with Gasteiger partial charge < -0.3 is 5.32 Å². The van der Waals surface area contributed by atoms with Crippen molar-refractivity contribution in [3.63, 3.8) is 0 Å². The fourth-order valence-corrected chi connectivity index (χ4v) is 3.12. The maximum absolute atomic E-state index is 4.11. The lowest BCUT2D eigenvalue weighted by atomic mass is 9.79. The van der Waals surface area contributed by atoms with Crippen LogP contribution < -0.4 is 5.32 Å². The van der Waals surface area contributed by atoms with Gasteiger partial charge in [-0.1, -0.05) is 6.58 Å². The Hall–Kier alpha value is -0.500. The number of nitrogens with zero attached hydrogens (tertiary/aromatic N) is 1. The minimum atomic E-state index is 0.327. The lowest BCUT2D eigenvalue weighted by Crippen LogP contribution is -2.57. The molecule has 0 atom stereocenters. The summed E-state index contributed by atoms with van der Waals surface area (Å²) in [5.41, 5.74) is 1.97. The molecule has 2 heteroatoms. The zero-order valence-corrected chi connectivity index (χ0v) is 11.1. The van der Waals surface area contributed by atoms with E-state index in [-0.39, 0.29) is 0 Å². The van der Waals surface area contributed by atoms with Gasteiger partial charge in [-0.25, -0.2) is 0 Å². The Labute approximate surface area is 100 Å². The lowest BCUT2D eigenvalue weighted by Gasteiger charge is -2.49. The van der Waals surface area contributed by atoms with Crippen molar-refractivity contribution in [2.24, 2.45) is 0 Å². The molecule has 2 aliphatic rings. The van der Waals surface area contributed by atoms with Gasteiger partial charge in [-0.05, 0) is 52.9 Å². The molecule has 2 rings (SSSR count). The Bertz CT molecular complexity index is 267. The van der Waals surface area contributed by atoms with E-state index < -0.39 is 0 Å². The lowest BCUT2D eigenvalue weighted by molar-refractivity contribution is 0.0580. The van der Waals surface area contributed by atoms with Gasteiger partial charge in [0.25, 0.3) is 0 Å². The predicted octanol–water partition coefficient (Wildman–Crippen LogP) is 2.91. The van der Waals surface area contributed by atoms with Gasteiger partial charge in [-0.3, -0.25) is 4.90 Å². The Morgan fingerprint density at radius 3 is 2.31 bits per heavy atom. The van der Waals surface area contributed by atoms with Crippen LogP contribution in [0.25, 0.3) is 0 Å². The average Bonchev–Trinajstić information content (AvgIpc) is 2.16. The second kappa shape index (κ2) is 4.06. The summed E-state index contributed by atoms with van der Waals surface area (Å²) >= 11 is 0. The molecule has 0 unspecified atom stereocenters. The summed E-state index contributed by atoms with van der Waals surface area (Å²) in [7, 11) is 0. The van der Waals surface area contributed by atoms with Crippen LogP contribution in [0, 0.1) is 0 Å². The fourth-order valence-electron chi connectivity index (χ4n) is 3.12. The van der Waals surface area contributed by atoms with Gasteiger partial charge in [0.1, 0.15) is 0 Å². The molecule has 92 valence electrons. The summed E-state index contributed by atoms with van der Waals surface area (Å²) in [5.74, 6) is 0. The number of allylic oxidation sites excluding steroid dienone is 1. The van der Waals surface area contributed by atoms with Crippen LogP contribution in [0.2, 0.25) is 0 Å². The molecule has 2 aliphatic heterocycles. The molecule has 2 heterocycles. The molecule has 2 fully saturated rings. The van der Waals surface area contributed by atoms with Gasteiger partial charge >= 0.3 is 0 Å². The summed E-state index contributed by atoms with van der Waals surface area (Å²) in [6.45, 7) is 13.5. The van der Waals surface area contributed by atoms with Crippen LogP contribution in [-0.2, 0) is 0 Å². The zero-order valence-electron chi connectivity index (χ0n) is 11.1. The quantitative estimate of drug-likeness (QED) is 0.678. The molecule has 0 aromatic carbocycles. The summed E-state index contributed by atoms with van der Waals surface area (Å²) in [6.07, 6.45) is 6.39. The van der Waals surface area contributed by atoms with Gasteiger partial charge in [0.05, 0.1) is 0 Å². The fraction of sp³-hybridized carbons (Fsp3) is 0.857. The first-order valence-electron chi connectivity index (χ1n) is 6.62. The van der Waals surface area contributed by atoms with Crippen molar-refractivity contribution >= 4 is 0 Å². The molecule has 1 spiro atoms. The summed E-state index contributed by atoms with van der Waals surface area (Å²) in [5, 5.41) is 3.68. The third-order valence-electron chi connectivity index (χ3n) is 4.25. The molecule has 0 bridgehead atoms. The minimum absolute atomic E-state index is 0.327. The number of nitrogens with one attached hydrogen (secondary N) is 1. The second-order valence-electron chi connectivity index (χ2n) is 6.52. The van der Waals surface area contributed by atoms with Crippen molar-refractivity contribution in [1.29, 1.82) is 0 Å². The van der Waals surface area contributed by atoms with Crippen molar-refractivity contribution in [1.82, 2.24) is 10.2 Å². The second-order valence-corrected chi connectivity index (χ2v) is 6.52. The van der Waals surface area contributed by atoms with E-state index in [1.807, 2.05) is 0 Å². The number of hydrogen-bond donors (Lipinski definition) is 1. The molecule has 0 aromatic heterocycles. The molecule has 0 amide bonds. The van der Waals surface area contributed by atoms with Crippen LogP contribution in [0.15, 0.2) is 12.3 Å². The molecule has 16 heavy (non-hydrogen) atoms. The van der Waals surface area contributed by atoms with Crippen molar-refractivity contribution < 1.29 is 0 Å². The first-order chi connectivity index (χ1) is 7.41. The van der Waals surface area contributed by atoms with E-state index >= 15 is 0 Å². The maximum Gasteiger partial charge on any atom is 0.0395 e. The predicted molar refractivity (Wildman–Crippen MR) is 69.4 cm³/mol. The average molecular weight is 222 g/mol. The van der Waals surface area contributed by atoms with Crippen LogP contribution in [0.1, 0.15) is 52.9 Å². The summed E-state index contributed by atoms with van der Waals surface area (Å²) in [4.78, 5) is 2.61. The highest BCUT2D eigenvalue weighted by molar-refractivity contribution is 5.08. The maximum atomic E-state index is 4.11. The molecular formula is C14H26N2. The Morgan fingerprint density at radius 2 is 1.81 bits per heavy atom. The molecular weight excluding hydrogens is 196 g/mol.